The quantitative estimate of drug-likeness (QED) is 0.664. The predicted molar refractivity (Wildman–Crippen MR) is 95.7 cm³/mol. The van der Waals surface area contributed by atoms with Crippen molar-refractivity contribution in [3.8, 4) is 5.75 Å². The fourth-order valence-corrected chi connectivity index (χ4v) is 4.10. The fourth-order valence-electron chi connectivity index (χ4n) is 2.99. The van der Waals surface area contributed by atoms with Crippen LogP contribution in [0.3, 0.4) is 0 Å². The van der Waals surface area contributed by atoms with E-state index in [1.54, 1.807) is 24.3 Å². The molecule has 26 heavy (non-hydrogen) atoms. The number of esters is 1. The normalized spacial score (nSPS) is 23.1. The van der Waals surface area contributed by atoms with Crippen molar-refractivity contribution in [2.45, 2.75) is 49.9 Å². The molecule has 1 fully saturated rings. The maximum atomic E-state index is 12.3. The molecule has 0 spiro atoms. The van der Waals surface area contributed by atoms with E-state index in [4.69, 9.17) is 18.9 Å². The van der Waals surface area contributed by atoms with E-state index in [1.165, 1.54) is 7.11 Å². The van der Waals surface area contributed by atoms with Crippen LogP contribution in [0.4, 0.5) is 0 Å². The van der Waals surface area contributed by atoms with E-state index >= 15 is 0 Å². The summed E-state index contributed by atoms with van der Waals surface area (Å²) in [7, 11) is -1.10. The second-order valence-corrected chi connectivity index (χ2v) is 8.58. The summed E-state index contributed by atoms with van der Waals surface area (Å²) < 4.78 is 46.3. The molecule has 0 N–H and O–H groups in total. The van der Waals surface area contributed by atoms with Gasteiger partial charge in [-0.3, -0.25) is 4.79 Å². The summed E-state index contributed by atoms with van der Waals surface area (Å²) in [5, 5.41) is -1.48. The highest BCUT2D eigenvalue weighted by molar-refractivity contribution is 7.92. The highest BCUT2D eigenvalue weighted by Crippen LogP contribution is 2.32. The van der Waals surface area contributed by atoms with Crippen LogP contribution >= 0.6 is 0 Å². The highest BCUT2D eigenvalue weighted by atomic mass is 32.2. The summed E-state index contributed by atoms with van der Waals surface area (Å²) in [6.45, 7) is 1.94. The zero-order chi connectivity index (χ0) is 19.3. The molecule has 1 aliphatic rings. The molecule has 0 radical (unpaired) electrons. The molecule has 0 bridgehead atoms. The summed E-state index contributed by atoms with van der Waals surface area (Å²) in [5.41, 5.74) is 0.536. The molecular formula is C18H26O7S. The standard InChI is InChI=1S/C18H26O7S/c1-12-6-5-7-15(24-12)25-16(13-8-10-14(22-2)11-9-13)17(18(19)23-3)26(4,20)21/h8-12,15-17H,5-7H2,1-4H3/t12-,15?,16+,17?/m0/s1. The minimum absolute atomic E-state index is 0.0140. The molecule has 0 aliphatic carbocycles. The van der Waals surface area contributed by atoms with Gasteiger partial charge in [0.1, 0.15) is 11.9 Å². The Hall–Kier alpha value is -1.64. The Labute approximate surface area is 154 Å². The Bertz CT molecular complexity index is 699. The lowest BCUT2D eigenvalue weighted by Crippen LogP contribution is -2.40. The third kappa shape index (κ3) is 5.18. The lowest BCUT2D eigenvalue weighted by molar-refractivity contribution is -0.214. The lowest BCUT2D eigenvalue weighted by atomic mass is 10.0. The number of hydrogen-bond donors (Lipinski definition) is 0. The van der Waals surface area contributed by atoms with Crippen LogP contribution in [-0.2, 0) is 28.8 Å². The maximum Gasteiger partial charge on any atom is 0.327 e. The summed E-state index contributed by atoms with van der Waals surface area (Å²) in [6.07, 6.45) is 1.84. The van der Waals surface area contributed by atoms with Crippen LogP contribution in [0.5, 0.6) is 5.75 Å². The monoisotopic (exact) mass is 386 g/mol. The van der Waals surface area contributed by atoms with Gasteiger partial charge in [-0.15, -0.1) is 0 Å². The average molecular weight is 386 g/mol. The van der Waals surface area contributed by atoms with E-state index in [0.29, 0.717) is 17.7 Å². The third-order valence-electron chi connectivity index (χ3n) is 4.35. The van der Waals surface area contributed by atoms with Crippen molar-refractivity contribution in [1.29, 1.82) is 0 Å². The van der Waals surface area contributed by atoms with Crippen LogP contribution in [0.15, 0.2) is 24.3 Å². The van der Waals surface area contributed by atoms with Crippen molar-refractivity contribution in [2.24, 2.45) is 0 Å². The first-order valence-electron chi connectivity index (χ1n) is 8.47. The first kappa shape index (κ1) is 20.7. The summed E-state index contributed by atoms with van der Waals surface area (Å²) in [6, 6.07) is 6.73. The lowest BCUT2D eigenvalue weighted by Gasteiger charge is -2.33. The van der Waals surface area contributed by atoms with Gasteiger partial charge in [0.15, 0.2) is 21.4 Å². The molecule has 1 aliphatic heterocycles. The van der Waals surface area contributed by atoms with Gasteiger partial charge in [-0.25, -0.2) is 8.42 Å². The zero-order valence-corrected chi connectivity index (χ0v) is 16.3. The number of hydrogen-bond acceptors (Lipinski definition) is 7. The molecule has 0 saturated carbocycles. The second-order valence-electron chi connectivity index (χ2n) is 6.41. The smallest absolute Gasteiger partial charge is 0.327 e. The molecule has 7 nitrogen and oxygen atoms in total. The van der Waals surface area contributed by atoms with Gasteiger partial charge in [-0.2, -0.15) is 0 Å². The van der Waals surface area contributed by atoms with Crippen LogP contribution in [0.1, 0.15) is 37.9 Å². The van der Waals surface area contributed by atoms with E-state index in [9.17, 15) is 13.2 Å². The van der Waals surface area contributed by atoms with E-state index in [1.807, 2.05) is 6.92 Å². The van der Waals surface area contributed by atoms with Crippen LogP contribution in [0.25, 0.3) is 0 Å². The minimum atomic E-state index is -3.79. The topological polar surface area (TPSA) is 88.1 Å². The zero-order valence-electron chi connectivity index (χ0n) is 15.5. The van der Waals surface area contributed by atoms with Crippen LogP contribution < -0.4 is 4.74 Å². The Morgan fingerprint density at radius 3 is 2.35 bits per heavy atom. The van der Waals surface area contributed by atoms with Gasteiger partial charge in [0.2, 0.25) is 0 Å². The van der Waals surface area contributed by atoms with Gasteiger partial charge in [-0.1, -0.05) is 12.1 Å². The Morgan fingerprint density at radius 1 is 1.19 bits per heavy atom. The second kappa shape index (κ2) is 8.83. The Kier molecular flexibility index (Phi) is 7.02. The maximum absolute atomic E-state index is 12.3. The first-order chi connectivity index (χ1) is 12.3. The average Bonchev–Trinajstić information content (AvgIpc) is 2.60. The molecule has 8 heteroatoms. The highest BCUT2D eigenvalue weighted by Gasteiger charge is 2.41. The molecule has 2 unspecified atom stereocenters. The van der Waals surface area contributed by atoms with Crippen molar-refractivity contribution >= 4 is 15.8 Å². The van der Waals surface area contributed by atoms with Gasteiger partial charge >= 0.3 is 5.97 Å². The van der Waals surface area contributed by atoms with Crippen molar-refractivity contribution in [1.82, 2.24) is 0 Å². The summed E-state index contributed by atoms with van der Waals surface area (Å²) >= 11 is 0. The molecule has 2 rings (SSSR count). The molecule has 1 aromatic carbocycles. The number of carbonyl (C=O) groups excluding carboxylic acids is 1. The molecule has 146 valence electrons. The van der Waals surface area contributed by atoms with Crippen molar-refractivity contribution in [2.75, 3.05) is 20.5 Å². The number of ether oxygens (including phenoxy) is 4. The van der Waals surface area contributed by atoms with E-state index in [-0.39, 0.29) is 6.10 Å². The molecule has 1 aromatic rings. The third-order valence-corrected chi connectivity index (χ3v) is 5.71. The van der Waals surface area contributed by atoms with Crippen LogP contribution in [0.2, 0.25) is 0 Å². The van der Waals surface area contributed by atoms with Crippen LogP contribution in [-0.4, -0.2) is 52.5 Å². The number of carbonyl (C=O) groups is 1. The largest absolute Gasteiger partial charge is 0.497 e. The van der Waals surface area contributed by atoms with Crippen molar-refractivity contribution in [3.05, 3.63) is 29.8 Å². The van der Waals surface area contributed by atoms with E-state index in [2.05, 4.69) is 0 Å². The van der Waals surface area contributed by atoms with Gasteiger partial charge < -0.3 is 18.9 Å². The van der Waals surface area contributed by atoms with Crippen molar-refractivity contribution in [3.63, 3.8) is 0 Å². The van der Waals surface area contributed by atoms with Gasteiger partial charge in [0.05, 0.1) is 20.3 Å². The molecule has 0 amide bonds. The fraction of sp³-hybridized carbons (Fsp3) is 0.611. The van der Waals surface area contributed by atoms with Gasteiger partial charge in [0.25, 0.3) is 0 Å². The number of benzene rings is 1. The Morgan fingerprint density at radius 2 is 1.85 bits per heavy atom. The molecule has 1 heterocycles. The number of methoxy groups -OCH3 is 2. The minimum Gasteiger partial charge on any atom is -0.497 e. The van der Waals surface area contributed by atoms with Crippen LogP contribution in [0, 0.1) is 0 Å². The van der Waals surface area contributed by atoms with Gasteiger partial charge in [-0.05, 0) is 43.9 Å². The number of sulfone groups is 1. The van der Waals surface area contributed by atoms with Gasteiger partial charge in [0, 0.05) is 6.26 Å². The van der Waals surface area contributed by atoms with E-state index < -0.39 is 33.5 Å². The number of rotatable bonds is 7. The summed E-state index contributed by atoms with van der Waals surface area (Å²) in [4.78, 5) is 12.3. The first-order valence-corrected chi connectivity index (χ1v) is 10.4. The molecule has 0 aromatic heterocycles. The van der Waals surface area contributed by atoms with Crippen molar-refractivity contribution < 1.29 is 32.2 Å². The Balaban J connectivity index is 2.39. The SMILES string of the molecule is COC(=O)C([C@H](OC1CCC[C@H](C)O1)c1ccc(OC)cc1)S(C)(=O)=O. The molecule has 1 saturated heterocycles. The predicted octanol–water partition coefficient (Wildman–Crippen LogP) is 2.25. The molecular weight excluding hydrogens is 360 g/mol. The molecule has 4 atom stereocenters. The summed E-state index contributed by atoms with van der Waals surface area (Å²) in [5.74, 6) is -0.249. The van der Waals surface area contributed by atoms with E-state index in [0.717, 1.165) is 26.2 Å².